The molecule has 4 aliphatic heterocycles. The minimum Gasteiger partial charge on any atom is -0.480 e. The number of hydrogen-bond acceptors (Lipinski definition) is 20. The summed E-state index contributed by atoms with van der Waals surface area (Å²) in [5.41, 5.74) is 23.4. The number of unbranched alkanes of at least 4 members (excludes halogenated alkanes) is 11. The predicted molar refractivity (Wildman–Crippen MR) is 480 cm³/mol. The largest absolute Gasteiger partial charge is 1.00 e. The van der Waals surface area contributed by atoms with Crippen molar-refractivity contribution in [3.05, 3.63) is 10.1 Å². The summed E-state index contributed by atoms with van der Waals surface area (Å²) in [5.74, 6) is -1.65. The smallest absolute Gasteiger partial charge is 0.480 e. The molecule has 0 aromatic rings. The molecule has 4 rings (SSSR count). The zero-order valence-electron chi connectivity index (χ0n) is 71.5. The maximum absolute atomic E-state index is 10.2. The average Bonchev–Trinajstić information content (AvgIpc) is 1.75. The van der Waals surface area contributed by atoms with Gasteiger partial charge in [0.2, 0.25) is 0 Å². The summed E-state index contributed by atoms with van der Waals surface area (Å²) in [4.78, 5) is 47.4. The summed E-state index contributed by atoms with van der Waals surface area (Å²) in [7, 11) is 1.00. The quantitative estimate of drug-likeness (QED) is 0.00908. The van der Waals surface area contributed by atoms with Crippen LogP contribution in [0.3, 0.4) is 0 Å². The van der Waals surface area contributed by atoms with Gasteiger partial charge in [0, 0.05) is 157 Å². The molecule has 26 heteroatoms. The third-order valence-electron chi connectivity index (χ3n) is 20.1. The molecule has 0 aromatic heterocycles. The van der Waals surface area contributed by atoms with Gasteiger partial charge in [0.15, 0.2) is 0 Å². The summed E-state index contributed by atoms with van der Waals surface area (Å²) in [5, 5.41) is 42.7. The summed E-state index contributed by atoms with van der Waals surface area (Å²) >= 11 is 6.58. The molecule has 22 nitrogen and oxygen atoms in total. The van der Waals surface area contributed by atoms with Gasteiger partial charge in [0.05, 0.1) is 0 Å². The number of halogens is 3. The Morgan fingerprint density at radius 3 is 1.10 bits per heavy atom. The van der Waals surface area contributed by atoms with Gasteiger partial charge in [-0.3, -0.25) is 34.1 Å². The summed E-state index contributed by atoms with van der Waals surface area (Å²) in [6.07, 6.45) is 27.6. The van der Waals surface area contributed by atoms with Crippen LogP contribution in [-0.2, 0) is 9.59 Å². The molecule has 4 fully saturated rings. The van der Waals surface area contributed by atoms with E-state index >= 15 is 0 Å². The van der Waals surface area contributed by atoms with Crippen molar-refractivity contribution in [2.75, 3.05) is 158 Å². The van der Waals surface area contributed by atoms with Crippen LogP contribution in [0.1, 0.15) is 302 Å². The van der Waals surface area contributed by atoms with Crippen molar-refractivity contribution >= 4 is 60.8 Å². The fourth-order valence-electron chi connectivity index (χ4n) is 13.6. The molecule has 0 aliphatic carbocycles. The third kappa shape index (κ3) is 70.1. The van der Waals surface area contributed by atoms with Crippen LogP contribution in [0.5, 0.6) is 0 Å². The van der Waals surface area contributed by atoms with Crippen LogP contribution >= 0.6 is 48.8 Å². The van der Waals surface area contributed by atoms with Crippen LogP contribution < -0.4 is 68.4 Å². The van der Waals surface area contributed by atoms with Crippen molar-refractivity contribution in [2.45, 2.75) is 357 Å². The molecule has 14 N–H and O–H groups in total. The first-order valence-corrected chi connectivity index (χ1v) is 42.6. The first-order chi connectivity index (χ1) is 48.3. The van der Waals surface area contributed by atoms with Gasteiger partial charge < -0.3 is 74.1 Å². The molecular weight excluding hydrogens is 1560 g/mol. The van der Waals surface area contributed by atoms with E-state index in [0.717, 1.165) is 161 Å². The normalized spacial score (nSPS) is 21.2. The van der Waals surface area contributed by atoms with Gasteiger partial charge in [0.25, 0.3) is 0 Å². The Labute approximate surface area is 713 Å². The summed E-state index contributed by atoms with van der Waals surface area (Å²) in [6, 6.07) is 1.40. The Balaban J connectivity index is -0.000000130. The van der Waals surface area contributed by atoms with Gasteiger partial charge in [-0.05, 0) is 139 Å². The second-order valence-corrected chi connectivity index (χ2v) is 32.9. The number of carbonyl (C=O) groups is 2. The molecule has 648 valence electrons. The molecule has 4 heterocycles. The van der Waals surface area contributed by atoms with Crippen molar-refractivity contribution in [1.29, 1.82) is 0 Å². The number of nitrogens with one attached hydrogen (secondary N) is 3. The Bertz CT molecular complexity index is 1780. The number of aliphatic carboxylic acids is 2. The first kappa shape index (κ1) is 128. The van der Waals surface area contributed by atoms with E-state index in [1.807, 2.05) is 0 Å². The first-order valence-electron chi connectivity index (χ1n) is 40.8. The Morgan fingerprint density at radius 1 is 0.486 bits per heavy atom. The summed E-state index contributed by atoms with van der Waals surface area (Å²) < 4.78 is 0. The van der Waals surface area contributed by atoms with Crippen LogP contribution in [0.4, 0.5) is 0 Å². The molecule has 107 heavy (non-hydrogen) atoms. The van der Waals surface area contributed by atoms with E-state index in [1.54, 1.807) is 0 Å². The zero-order valence-corrected chi connectivity index (χ0v) is 78.4. The SMILES string of the molecule is Br.C.C.C.CC1(N)CNCCNC1.CCCCCC(C)N1CCN(CC)CC(C)(N(CC)CC)C1.CCCCCC(C)N1CCNCC(C)(N)C1.CCCCC[C@@H](C)Br.CCCCC[C@H](Br)C(=O)O.CCCCC[C@H](N)C(=O)O.CCN1CCN(C(C)CCCCN)CC(C)(N(CC)CC)C1.CO.O=N[O-].[Na+]. The number of hydrogen-bond donors (Lipinski definition) is 10. The second-order valence-electron chi connectivity index (χ2n) is 30.2. The number of alkyl halides is 2. The van der Waals surface area contributed by atoms with Crippen molar-refractivity contribution in [3.63, 3.8) is 0 Å². The van der Waals surface area contributed by atoms with Crippen LogP contribution in [0, 0.1) is 10.1 Å². The molecule has 0 bridgehead atoms. The van der Waals surface area contributed by atoms with Crippen molar-refractivity contribution in [2.24, 2.45) is 28.3 Å². The van der Waals surface area contributed by atoms with Crippen LogP contribution in [0.2, 0.25) is 0 Å². The molecule has 0 radical (unpaired) electrons. The van der Waals surface area contributed by atoms with E-state index < -0.39 is 18.0 Å². The molecule has 0 spiro atoms. The molecule has 6 unspecified atom stereocenters. The number of likely N-dealkylation sites (N-methyl/N-ethyl adjacent to an activating group) is 4. The van der Waals surface area contributed by atoms with Crippen molar-refractivity contribution in [1.82, 2.24) is 50.2 Å². The van der Waals surface area contributed by atoms with E-state index in [1.165, 1.54) is 149 Å². The minimum absolute atomic E-state index is 0. The number of aliphatic hydroxyl groups excluding tert-OH is 1. The van der Waals surface area contributed by atoms with Crippen LogP contribution in [0.25, 0.3) is 0 Å². The number of carboxylic acid groups (broad SMARTS) is 2. The maximum Gasteiger partial charge on any atom is 1.00 e. The summed E-state index contributed by atoms with van der Waals surface area (Å²) in [6.45, 7) is 68.8. The molecule has 4 aliphatic rings. The Morgan fingerprint density at radius 2 is 0.794 bits per heavy atom. The predicted octanol–water partition coefficient (Wildman–Crippen LogP) is 12.5. The van der Waals surface area contributed by atoms with E-state index in [9.17, 15) is 9.59 Å². The van der Waals surface area contributed by atoms with Gasteiger partial charge in [-0.2, -0.15) is 0 Å². The average molecular weight is 1740 g/mol. The van der Waals surface area contributed by atoms with Gasteiger partial charge >= 0.3 is 41.5 Å². The van der Waals surface area contributed by atoms with E-state index in [-0.39, 0.29) is 95.8 Å². The van der Waals surface area contributed by atoms with E-state index in [2.05, 4.69) is 214 Å². The topological polar surface area (TPSA) is 310 Å². The molecular formula is C81H185Br3N15NaO7. The third-order valence-corrected chi connectivity index (χ3v) is 21.5. The number of rotatable bonds is 37. The number of aliphatic hydroxyl groups is 1. The standard InChI is InChI=1S/C19H41N3.C18H40N4.C13H29N3.C7H13BrO2.C7H15Br.C7H15NO2.C6H15N3.CH4O.3CH4.BrH.HNO2.Na/c1-7-11-12-13-18(5)21-15-14-20(8-2)16-19(6,17-21)22(9-3)10-4;1-6-20-13-14-21(17(4)11-9-10-12-19)16-18(5,15-20)22(7-2)8-3;1-4-5-6-7-12(2)16-9-8-15-10-13(3,14)11-16;1-2-3-4-5-6(8)7(9)10;1-3-4-5-6-7(2)8;1-2-3-4-5-6(8)7(9)10;1-6(7)4-8-2-3-9-5-6;1-2;;;;;2-1-3;/h18H,7-17H2,1-6H3;17H,6-16,19H2,1-5H3;12,15H,4-11,14H2,1-3H3;6H,2-5H2,1H3,(H,9,10);7H,3-6H2,1-2H3;6H,2-5,8H2,1H3,(H,9,10);8-9H,2-5,7H2,1H3;2H,1H3;3*1H4;1H;(H,2,3);/q;;;;;;;;;;;;;+1/p-1/t;;;6-;7-;6-;;;;;;;;/m...010......../s1. The van der Waals surface area contributed by atoms with Crippen molar-refractivity contribution in [3.8, 4) is 0 Å². The van der Waals surface area contributed by atoms with Gasteiger partial charge in [0.1, 0.15) is 10.9 Å². The maximum atomic E-state index is 10.2. The Hall–Kier alpha value is 0.180. The fourth-order valence-corrected chi connectivity index (χ4v) is 14.3. The fraction of sp³-hybridized carbons (Fsp3) is 0.975. The minimum atomic E-state index is -0.892. The van der Waals surface area contributed by atoms with E-state index in [4.69, 9.17) is 48.4 Å². The Kier molecular flexibility index (Phi) is 98.9. The van der Waals surface area contributed by atoms with Gasteiger partial charge in [-0.15, -0.1) is 22.3 Å². The van der Waals surface area contributed by atoms with Gasteiger partial charge in [-0.25, -0.2) is 0 Å². The monoisotopic (exact) mass is 1740 g/mol. The van der Waals surface area contributed by atoms with Gasteiger partial charge in [-0.1, -0.05) is 240 Å². The molecule has 4 saturated heterocycles. The number of nitrogens with zero attached hydrogens (tertiary/aromatic N) is 8. The van der Waals surface area contributed by atoms with Crippen LogP contribution in [0.15, 0.2) is 5.34 Å². The van der Waals surface area contributed by atoms with Crippen LogP contribution in [-0.4, -0.2) is 275 Å². The van der Waals surface area contributed by atoms with E-state index in [0.29, 0.717) is 23.3 Å². The molecule has 0 aromatic carbocycles. The molecule has 0 saturated carbocycles. The number of nitrogens with two attached hydrogens (primary N) is 4. The number of carboxylic acids is 2. The van der Waals surface area contributed by atoms with Crippen molar-refractivity contribution < 1.29 is 54.5 Å². The molecule has 0 amide bonds. The second kappa shape index (κ2) is 82.7. The zero-order chi connectivity index (χ0) is 79.0. The molecule has 9 atom stereocenters.